The second-order valence-corrected chi connectivity index (χ2v) is 6.44. The van der Waals surface area contributed by atoms with Gasteiger partial charge in [-0.2, -0.15) is 0 Å². The van der Waals surface area contributed by atoms with Crippen molar-refractivity contribution in [1.29, 1.82) is 0 Å². The predicted octanol–water partition coefficient (Wildman–Crippen LogP) is 2.39. The topological polar surface area (TPSA) is 79.2 Å². The molecule has 0 aliphatic carbocycles. The van der Waals surface area contributed by atoms with Crippen LogP contribution < -0.4 is 4.90 Å². The lowest BCUT2D eigenvalue weighted by Crippen LogP contribution is -2.24. The quantitative estimate of drug-likeness (QED) is 0.796. The van der Waals surface area contributed by atoms with E-state index in [2.05, 4.69) is 15.0 Å². The molecular formula is C16H14N4O2S. The van der Waals surface area contributed by atoms with Gasteiger partial charge in [-0.3, -0.25) is 9.78 Å². The molecule has 1 aliphatic rings. The Labute approximate surface area is 136 Å². The molecule has 3 aromatic heterocycles. The minimum Gasteiger partial charge on any atom is -0.481 e. The van der Waals surface area contributed by atoms with Gasteiger partial charge in [0.05, 0.1) is 11.3 Å². The first-order valence-electron chi connectivity index (χ1n) is 7.31. The predicted molar refractivity (Wildman–Crippen MR) is 87.7 cm³/mol. The summed E-state index contributed by atoms with van der Waals surface area (Å²) in [4.78, 5) is 27.6. The van der Waals surface area contributed by atoms with E-state index in [1.54, 1.807) is 17.5 Å². The minimum absolute atomic E-state index is 0.141. The zero-order chi connectivity index (χ0) is 15.8. The van der Waals surface area contributed by atoms with E-state index >= 15 is 0 Å². The molecule has 1 fully saturated rings. The summed E-state index contributed by atoms with van der Waals surface area (Å²) < 4.78 is 0. The molecule has 0 amide bonds. The molecule has 1 aliphatic heterocycles. The number of thiophene rings is 1. The number of pyridine rings is 1. The van der Waals surface area contributed by atoms with Crippen LogP contribution in [-0.2, 0) is 4.79 Å². The van der Waals surface area contributed by atoms with E-state index in [0.29, 0.717) is 13.1 Å². The van der Waals surface area contributed by atoms with E-state index in [-0.39, 0.29) is 5.92 Å². The van der Waals surface area contributed by atoms with Gasteiger partial charge in [-0.1, -0.05) is 6.07 Å². The van der Waals surface area contributed by atoms with Crippen molar-refractivity contribution < 1.29 is 9.90 Å². The summed E-state index contributed by atoms with van der Waals surface area (Å²) >= 11 is 1.56. The van der Waals surface area contributed by atoms with E-state index in [0.717, 1.165) is 21.7 Å². The van der Waals surface area contributed by atoms with Crippen LogP contribution in [0, 0.1) is 5.92 Å². The van der Waals surface area contributed by atoms with Crippen molar-refractivity contribution >= 4 is 33.3 Å². The fourth-order valence-electron chi connectivity index (χ4n) is 3.15. The molecule has 2 atom stereocenters. The number of anilines is 1. The number of aliphatic carboxylic acids is 1. The summed E-state index contributed by atoms with van der Waals surface area (Å²) in [5, 5.41) is 12.5. The van der Waals surface area contributed by atoms with Crippen LogP contribution in [0.3, 0.4) is 0 Å². The normalized spacial score (nSPS) is 21.0. The molecule has 0 saturated carbocycles. The van der Waals surface area contributed by atoms with Gasteiger partial charge in [-0.25, -0.2) is 9.97 Å². The lowest BCUT2D eigenvalue weighted by Gasteiger charge is -2.17. The number of hydrogen-bond acceptors (Lipinski definition) is 6. The Morgan fingerprint density at radius 2 is 2.13 bits per heavy atom. The molecule has 0 spiro atoms. The van der Waals surface area contributed by atoms with Gasteiger partial charge < -0.3 is 10.0 Å². The Morgan fingerprint density at radius 1 is 1.22 bits per heavy atom. The van der Waals surface area contributed by atoms with Crippen LogP contribution in [0.1, 0.15) is 11.6 Å². The first kappa shape index (κ1) is 14.1. The van der Waals surface area contributed by atoms with Crippen molar-refractivity contribution in [3.05, 3.63) is 47.9 Å². The first-order valence-corrected chi connectivity index (χ1v) is 8.19. The minimum atomic E-state index is -0.793. The van der Waals surface area contributed by atoms with E-state index in [9.17, 15) is 9.90 Å². The summed E-state index contributed by atoms with van der Waals surface area (Å²) in [6.07, 6.45) is 3.25. The van der Waals surface area contributed by atoms with Gasteiger partial charge in [0, 0.05) is 30.9 Å². The molecule has 7 heteroatoms. The molecule has 1 saturated heterocycles. The number of fused-ring (bicyclic) bond motifs is 1. The first-order chi connectivity index (χ1) is 11.2. The van der Waals surface area contributed by atoms with Crippen molar-refractivity contribution in [2.24, 2.45) is 5.92 Å². The maximum atomic E-state index is 11.7. The van der Waals surface area contributed by atoms with Gasteiger partial charge in [-0.15, -0.1) is 11.3 Å². The molecule has 6 nitrogen and oxygen atoms in total. The Balaban J connectivity index is 1.72. The van der Waals surface area contributed by atoms with Crippen molar-refractivity contribution in [1.82, 2.24) is 15.0 Å². The number of rotatable bonds is 3. The molecule has 0 unspecified atom stereocenters. The second kappa shape index (κ2) is 5.58. The van der Waals surface area contributed by atoms with Gasteiger partial charge in [0.2, 0.25) is 0 Å². The monoisotopic (exact) mass is 326 g/mol. The van der Waals surface area contributed by atoms with Crippen LogP contribution in [-0.4, -0.2) is 39.1 Å². The molecule has 4 heterocycles. The summed E-state index contributed by atoms with van der Waals surface area (Å²) in [7, 11) is 0. The largest absolute Gasteiger partial charge is 0.481 e. The Kier molecular flexibility index (Phi) is 3.42. The number of hydrogen-bond donors (Lipinski definition) is 1. The highest BCUT2D eigenvalue weighted by molar-refractivity contribution is 7.16. The third-order valence-corrected chi connectivity index (χ3v) is 5.07. The summed E-state index contributed by atoms with van der Waals surface area (Å²) in [5.41, 5.74) is 0.818. The smallest absolute Gasteiger partial charge is 0.309 e. The van der Waals surface area contributed by atoms with Gasteiger partial charge in [0.15, 0.2) is 0 Å². The Hall–Kier alpha value is -2.54. The number of carboxylic acids is 1. The maximum absolute atomic E-state index is 11.7. The van der Waals surface area contributed by atoms with Crippen molar-refractivity contribution in [2.45, 2.75) is 5.92 Å². The number of nitrogens with zero attached hydrogens (tertiary/aromatic N) is 4. The van der Waals surface area contributed by atoms with E-state index < -0.39 is 11.9 Å². The van der Waals surface area contributed by atoms with E-state index in [1.807, 2.05) is 34.5 Å². The average Bonchev–Trinajstić information content (AvgIpc) is 3.22. The molecule has 23 heavy (non-hydrogen) atoms. The molecular weight excluding hydrogens is 312 g/mol. The van der Waals surface area contributed by atoms with Crippen LogP contribution in [0.5, 0.6) is 0 Å². The van der Waals surface area contributed by atoms with Crippen LogP contribution in [0.4, 0.5) is 5.82 Å². The van der Waals surface area contributed by atoms with Crippen LogP contribution >= 0.6 is 11.3 Å². The Morgan fingerprint density at radius 3 is 2.91 bits per heavy atom. The molecule has 116 valence electrons. The fourth-order valence-corrected chi connectivity index (χ4v) is 3.88. The van der Waals surface area contributed by atoms with E-state index in [4.69, 9.17) is 0 Å². The van der Waals surface area contributed by atoms with Crippen LogP contribution in [0.25, 0.3) is 10.2 Å². The SMILES string of the molecule is O=C(O)[C@@H]1CN(c2ncnc3sccc23)C[C@H]1c1ccccn1. The average molecular weight is 326 g/mol. The third kappa shape index (κ3) is 2.43. The fraction of sp³-hybridized carbons (Fsp3) is 0.250. The molecule has 0 bridgehead atoms. The lowest BCUT2D eigenvalue weighted by atomic mass is 9.93. The third-order valence-electron chi connectivity index (χ3n) is 4.24. The lowest BCUT2D eigenvalue weighted by molar-refractivity contribution is -0.141. The molecule has 0 aromatic carbocycles. The molecule has 4 rings (SSSR count). The van der Waals surface area contributed by atoms with Crippen LogP contribution in [0.15, 0.2) is 42.2 Å². The number of carbonyl (C=O) groups is 1. The highest BCUT2D eigenvalue weighted by atomic mass is 32.1. The zero-order valence-corrected chi connectivity index (χ0v) is 13.0. The number of carboxylic acid groups (broad SMARTS) is 1. The van der Waals surface area contributed by atoms with E-state index in [1.165, 1.54) is 6.33 Å². The van der Waals surface area contributed by atoms with Gasteiger partial charge in [0.1, 0.15) is 17.0 Å². The second-order valence-electron chi connectivity index (χ2n) is 5.55. The van der Waals surface area contributed by atoms with Crippen molar-refractivity contribution in [3.8, 4) is 0 Å². The summed E-state index contributed by atoms with van der Waals surface area (Å²) in [6.45, 7) is 1.02. The maximum Gasteiger partial charge on any atom is 0.309 e. The summed E-state index contributed by atoms with van der Waals surface area (Å²) in [5.74, 6) is -0.620. The highest BCUT2D eigenvalue weighted by Crippen LogP contribution is 2.36. The van der Waals surface area contributed by atoms with Gasteiger partial charge in [-0.05, 0) is 23.6 Å². The summed E-state index contributed by atoms with van der Waals surface area (Å²) in [6, 6.07) is 7.61. The highest BCUT2D eigenvalue weighted by Gasteiger charge is 2.40. The van der Waals surface area contributed by atoms with Gasteiger partial charge >= 0.3 is 5.97 Å². The zero-order valence-electron chi connectivity index (χ0n) is 12.2. The Bertz CT molecular complexity index is 851. The number of aromatic nitrogens is 3. The van der Waals surface area contributed by atoms with Crippen molar-refractivity contribution in [3.63, 3.8) is 0 Å². The molecule has 1 N–H and O–H groups in total. The van der Waals surface area contributed by atoms with Crippen LogP contribution in [0.2, 0.25) is 0 Å². The molecule has 0 radical (unpaired) electrons. The molecule has 3 aromatic rings. The van der Waals surface area contributed by atoms with Gasteiger partial charge in [0.25, 0.3) is 0 Å². The standard InChI is InChI=1S/C16H14N4O2S/c21-16(22)12-8-20(7-11(12)13-3-1-2-5-17-13)14-10-4-6-23-15(10)19-9-18-14/h1-6,9,11-12H,7-8H2,(H,21,22)/t11-,12-/m1/s1. The van der Waals surface area contributed by atoms with Crippen molar-refractivity contribution in [2.75, 3.05) is 18.0 Å².